The van der Waals surface area contributed by atoms with Crippen molar-refractivity contribution in [1.82, 2.24) is 14.0 Å². The molecule has 6 nitrogen and oxygen atoms in total. The maximum atomic E-state index is 13.6. The Bertz CT molecular complexity index is 1350. The van der Waals surface area contributed by atoms with E-state index in [4.69, 9.17) is 4.74 Å². The lowest BCUT2D eigenvalue weighted by molar-refractivity contribution is -0.152. The van der Waals surface area contributed by atoms with Crippen LogP contribution in [0.4, 0.5) is 0 Å². The fourth-order valence-corrected chi connectivity index (χ4v) is 4.66. The number of amides is 1. The van der Waals surface area contributed by atoms with Gasteiger partial charge in [-0.15, -0.1) is 0 Å². The van der Waals surface area contributed by atoms with Crippen LogP contribution in [0.3, 0.4) is 0 Å². The van der Waals surface area contributed by atoms with E-state index >= 15 is 0 Å². The molecule has 152 valence electrons. The average Bonchev–Trinajstić information content (AvgIpc) is 3.18. The number of carbonyl (C=O) groups is 1. The first-order chi connectivity index (χ1) is 14.5. The molecule has 0 bridgehead atoms. The van der Waals surface area contributed by atoms with Gasteiger partial charge in [0.2, 0.25) is 5.85 Å². The zero-order valence-electron chi connectivity index (χ0n) is 17.3. The highest BCUT2D eigenvalue weighted by Crippen LogP contribution is 2.35. The molecule has 4 aromatic rings. The van der Waals surface area contributed by atoms with E-state index in [9.17, 15) is 9.59 Å². The summed E-state index contributed by atoms with van der Waals surface area (Å²) < 4.78 is 9.20. The molecule has 0 spiro atoms. The van der Waals surface area contributed by atoms with Crippen LogP contribution < -0.4 is 5.56 Å². The third kappa shape index (κ3) is 2.40. The Hall–Kier alpha value is -3.38. The predicted octanol–water partition coefficient (Wildman–Crippen LogP) is 3.47. The lowest BCUT2D eigenvalue weighted by Gasteiger charge is -2.34. The molecule has 0 saturated heterocycles. The maximum absolute atomic E-state index is 13.6. The van der Waals surface area contributed by atoms with Crippen LogP contribution >= 0.6 is 0 Å². The zero-order chi connectivity index (χ0) is 21.0. The van der Waals surface area contributed by atoms with Crippen LogP contribution in [0.15, 0.2) is 65.5 Å². The monoisotopic (exact) mass is 401 g/mol. The van der Waals surface area contributed by atoms with E-state index in [0.717, 1.165) is 21.9 Å². The maximum Gasteiger partial charge on any atom is 0.279 e. The third-order valence-corrected chi connectivity index (χ3v) is 6.31. The Morgan fingerprint density at radius 1 is 0.967 bits per heavy atom. The van der Waals surface area contributed by atoms with Gasteiger partial charge in [-0.05, 0) is 24.1 Å². The molecule has 6 heteroatoms. The normalized spacial score (nSPS) is 18.5. The van der Waals surface area contributed by atoms with Crippen LogP contribution in [-0.4, -0.2) is 33.6 Å². The van der Waals surface area contributed by atoms with Crippen LogP contribution in [0.25, 0.3) is 21.8 Å². The van der Waals surface area contributed by atoms with Crippen molar-refractivity contribution in [3.63, 3.8) is 0 Å². The van der Waals surface area contributed by atoms with Gasteiger partial charge in [-0.2, -0.15) is 0 Å². The number of hydrogen-bond donors (Lipinski definition) is 0. The molecule has 1 atom stereocenters. The van der Waals surface area contributed by atoms with Gasteiger partial charge in [-0.3, -0.25) is 19.1 Å². The first kappa shape index (κ1) is 18.6. The highest BCUT2D eigenvalue weighted by Gasteiger charge is 2.48. The van der Waals surface area contributed by atoms with E-state index in [0.29, 0.717) is 24.2 Å². The summed E-state index contributed by atoms with van der Waals surface area (Å²) >= 11 is 0. The number of ether oxygens (including phenoxy) is 1. The quantitative estimate of drug-likeness (QED) is 0.526. The molecule has 1 unspecified atom stereocenters. The number of rotatable bonds is 4. The number of hydrogen-bond acceptors (Lipinski definition) is 3. The summed E-state index contributed by atoms with van der Waals surface area (Å²) in [5.41, 5.74) is 2.80. The van der Waals surface area contributed by atoms with Crippen molar-refractivity contribution in [3.8, 4) is 0 Å². The summed E-state index contributed by atoms with van der Waals surface area (Å²) in [6.07, 6.45) is 0.677. The van der Waals surface area contributed by atoms with Gasteiger partial charge in [0.15, 0.2) is 0 Å². The van der Waals surface area contributed by atoms with Crippen molar-refractivity contribution in [3.05, 3.63) is 82.3 Å². The second kappa shape index (κ2) is 6.57. The lowest BCUT2D eigenvalue weighted by Crippen LogP contribution is -2.50. The topological polar surface area (TPSA) is 56.5 Å². The fourth-order valence-electron chi connectivity index (χ4n) is 4.66. The molecule has 1 aliphatic rings. The van der Waals surface area contributed by atoms with Gasteiger partial charge < -0.3 is 9.30 Å². The van der Waals surface area contributed by atoms with Crippen molar-refractivity contribution in [2.75, 3.05) is 13.7 Å². The molecule has 0 aliphatic carbocycles. The predicted molar refractivity (Wildman–Crippen MR) is 117 cm³/mol. The van der Waals surface area contributed by atoms with Gasteiger partial charge in [0, 0.05) is 43.9 Å². The highest BCUT2D eigenvalue weighted by atomic mass is 16.5. The second-order valence-corrected chi connectivity index (χ2v) is 7.84. The molecule has 1 aliphatic heterocycles. The van der Waals surface area contributed by atoms with Gasteiger partial charge in [-0.25, -0.2) is 0 Å². The first-order valence-electron chi connectivity index (χ1n) is 10.0. The molecule has 0 fully saturated rings. The van der Waals surface area contributed by atoms with Gasteiger partial charge in [0.05, 0.1) is 0 Å². The minimum atomic E-state index is -1.18. The lowest BCUT2D eigenvalue weighted by atomic mass is 10.1. The molecule has 30 heavy (non-hydrogen) atoms. The number of fused-ring (bicyclic) bond motifs is 4. The van der Waals surface area contributed by atoms with Gasteiger partial charge >= 0.3 is 0 Å². The number of nitrogens with zero attached hydrogens (tertiary/aromatic N) is 3. The molecular weight excluding hydrogens is 378 g/mol. The molecule has 2 aromatic heterocycles. The standard InChI is InChI=1S/C24H23N3O3/c1-24(30-3)26(14-13-16-9-5-4-6-10-16)22(28)20-15-18-17-11-7-8-12-19(17)25(2)21(18)23(29)27(20)24/h4-12,15H,13-14H2,1-3H3. The van der Waals surface area contributed by atoms with Crippen LogP contribution in [-0.2, 0) is 24.1 Å². The first-order valence-corrected chi connectivity index (χ1v) is 10.0. The smallest absolute Gasteiger partial charge is 0.279 e. The minimum absolute atomic E-state index is 0.192. The van der Waals surface area contributed by atoms with Crippen LogP contribution in [0.5, 0.6) is 0 Å². The summed E-state index contributed by atoms with van der Waals surface area (Å²) in [5.74, 6) is -1.37. The van der Waals surface area contributed by atoms with E-state index in [1.807, 2.05) is 72.3 Å². The van der Waals surface area contributed by atoms with Crippen molar-refractivity contribution < 1.29 is 9.53 Å². The van der Waals surface area contributed by atoms with Crippen LogP contribution in [0.2, 0.25) is 0 Å². The molecular formula is C24H23N3O3. The molecule has 1 amide bonds. The Morgan fingerprint density at radius 2 is 1.67 bits per heavy atom. The SMILES string of the molecule is COC1(C)N(CCc2ccccc2)C(=O)c2cc3c4ccccc4n(C)c3c(=O)n21. The van der Waals surface area contributed by atoms with Crippen molar-refractivity contribution in [2.45, 2.75) is 19.2 Å². The molecule has 2 aromatic carbocycles. The number of benzene rings is 2. The Labute approximate surface area is 173 Å². The number of methoxy groups -OCH3 is 1. The number of carbonyl (C=O) groups excluding carboxylic acids is 1. The Kier molecular flexibility index (Phi) is 4.08. The van der Waals surface area contributed by atoms with Gasteiger partial charge in [0.1, 0.15) is 11.2 Å². The number of aromatic nitrogens is 2. The summed E-state index contributed by atoms with van der Waals surface area (Å²) in [4.78, 5) is 28.7. The van der Waals surface area contributed by atoms with Crippen molar-refractivity contribution in [2.24, 2.45) is 7.05 Å². The fraction of sp³-hybridized carbons (Fsp3) is 0.250. The largest absolute Gasteiger partial charge is 0.341 e. The summed E-state index contributed by atoms with van der Waals surface area (Å²) in [6, 6.07) is 19.7. The molecule has 0 saturated carbocycles. The van der Waals surface area contributed by atoms with E-state index < -0.39 is 5.85 Å². The van der Waals surface area contributed by atoms with E-state index in [2.05, 4.69) is 0 Å². The molecule has 0 radical (unpaired) electrons. The number of aryl methyl sites for hydroxylation is 1. The van der Waals surface area contributed by atoms with Crippen LogP contribution in [0.1, 0.15) is 23.0 Å². The summed E-state index contributed by atoms with van der Waals surface area (Å²) in [5, 5.41) is 1.76. The Balaban J connectivity index is 1.69. The molecule has 0 N–H and O–H groups in total. The minimum Gasteiger partial charge on any atom is -0.341 e. The van der Waals surface area contributed by atoms with Gasteiger partial charge in [0.25, 0.3) is 11.5 Å². The number of pyridine rings is 1. The van der Waals surface area contributed by atoms with Gasteiger partial charge in [-0.1, -0.05) is 48.5 Å². The number of para-hydroxylation sites is 1. The summed E-state index contributed by atoms with van der Waals surface area (Å²) in [6.45, 7) is 2.23. The van der Waals surface area contributed by atoms with Crippen LogP contribution in [0, 0.1) is 0 Å². The van der Waals surface area contributed by atoms with E-state index in [1.54, 1.807) is 11.8 Å². The Morgan fingerprint density at radius 3 is 2.40 bits per heavy atom. The van der Waals surface area contributed by atoms with Crippen molar-refractivity contribution >= 4 is 27.7 Å². The van der Waals surface area contributed by atoms with Crippen molar-refractivity contribution in [1.29, 1.82) is 0 Å². The third-order valence-electron chi connectivity index (χ3n) is 6.31. The molecule has 5 rings (SSSR count). The molecule has 3 heterocycles. The highest BCUT2D eigenvalue weighted by molar-refractivity contribution is 6.10. The average molecular weight is 401 g/mol. The zero-order valence-corrected chi connectivity index (χ0v) is 17.3. The van der Waals surface area contributed by atoms with E-state index in [-0.39, 0.29) is 11.5 Å². The second-order valence-electron chi connectivity index (χ2n) is 7.84. The summed E-state index contributed by atoms with van der Waals surface area (Å²) in [7, 11) is 3.42. The van der Waals surface area contributed by atoms with E-state index in [1.165, 1.54) is 11.7 Å².